The smallest absolute Gasteiger partial charge is 0.407 e. The number of amides is 1. The van der Waals surface area contributed by atoms with Gasteiger partial charge in [-0.15, -0.1) is 0 Å². The third kappa shape index (κ3) is 11.6. The van der Waals surface area contributed by atoms with E-state index in [0.29, 0.717) is 19.6 Å². The number of carbonyl (C=O) groups is 2. The second-order valence-corrected chi connectivity index (χ2v) is 6.65. The molecule has 0 bridgehead atoms. The van der Waals surface area contributed by atoms with Crippen molar-refractivity contribution in [1.29, 1.82) is 0 Å². The highest BCUT2D eigenvalue weighted by Crippen LogP contribution is 2.08. The third-order valence-corrected chi connectivity index (χ3v) is 4.28. The first kappa shape index (κ1) is 24.2. The van der Waals surface area contributed by atoms with E-state index in [1.807, 2.05) is 60.7 Å². The van der Waals surface area contributed by atoms with E-state index in [2.05, 4.69) is 5.32 Å². The molecule has 160 valence electrons. The van der Waals surface area contributed by atoms with Gasteiger partial charge in [-0.25, -0.2) is 4.79 Å². The molecule has 2 aromatic rings. The Bertz CT molecular complexity index is 633. The minimum Gasteiger partial charge on any atom is -0.461 e. The Morgan fingerprint density at radius 1 is 0.724 bits per heavy atom. The van der Waals surface area contributed by atoms with E-state index in [4.69, 9.17) is 9.47 Å². The number of carbonyl (C=O) groups excluding carboxylic acids is 2. The average molecular weight is 403 g/mol. The molecule has 0 aliphatic heterocycles. The normalized spacial score (nSPS) is 9.93. The van der Waals surface area contributed by atoms with Crippen molar-refractivity contribution >= 4 is 12.1 Å². The van der Waals surface area contributed by atoms with Crippen molar-refractivity contribution in [3.63, 3.8) is 0 Å². The first-order valence-electron chi connectivity index (χ1n) is 9.88. The second kappa shape index (κ2) is 15.1. The molecule has 1 amide bonds. The highest BCUT2D eigenvalue weighted by atomic mass is 16.5. The van der Waals surface area contributed by atoms with Crippen LogP contribution in [0.2, 0.25) is 0 Å². The van der Waals surface area contributed by atoms with Crippen molar-refractivity contribution < 1.29 is 20.5 Å². The summed E-state index contributed by atoms with van der Waals surface area (Å²) in [6.45, 7) is 1.23. The van der Waals surface area contributed by atoms with Gasteiger partial charge in [-0.3, -0.25) is 4.79 Å². The minimum atomic E-state index is -0.384. The van der Waals surface area contributed by atoms with Crippen LogP contribution in [0.4, 0.5) is 4.79 Å². The Morgan fingerprint density at radius 3 is 1.86 bits per heavy atom. The molecule has 2 aromatic carbocycles. The topological polar surface area (TPSA) is 64.6 Å². The first-order valence-corrected chi connectivity index (χ1v) is 9.88. The summed E-state index contributed by atoms with van der Waals surface area (Å²) in [5, 5.41) is 2.76. The van der Waals surface area contributed by atoms with Crippen molar-refractivity contribution in [2.24, 2.45) is 0 Å². The van der Waals surface area contributed by atoms with Crippen molar-refractivity contribution in [2.75, 3.05) is 6.54 Å². The van der Waals surface area contributed by atoms with Gasteiger partial charge >= 0.3 is 12.1 Å². The van der Waals surface area contributed by atoms with Crippen LogP contribution in [0.15, 0.2) is 60.7 Å². The Labute approximate surface area is 175 Å². The molecule has 0 aromatic heterocycles. The molecular weight excluding hydrogens is 366 g/mol. The van der Waals surface area contributed by atoms with Crippen LogP contribution in [0.1, 0.15) is 58.5 Å². The van der Waals surface area contributed by atoms with E-state index < -0.39 is 0 Å². The summed E-state index contributed by atoms with van der Waals surface area (Å²) < 4.78 is 10.4. The number of benzene rings is 2. The molecule has 2 rings (SSSR count). The van der Waals surface area contributed by atoms with Crippen LogP contribution in [-0.2, 0) is 27.5 Å². The molecule has 5 heteroatoms. The highest BCUT2D eigenvalue weighted by Gasteiger charge is 2.04. The lowest BCUT2D eigenvalue weighted by molar-refractivity contribution is -0.145. The van der Waals surface area contributed by atoms with Gasteiger partial charge in [-0.05, 0) is 24.0 Å². The maximum absolute atomic E-state index is 11.7. The fourth-order valence-corrected chi connectivity index (χ4v) is 2.70. The quantitative estimate of drug-likeness (QED) is 0.356. The highest BCUT2D eigenvalue weighted by molar-refractivity contribution is 5.69. The zero-order valence-corrected chi connectivity index (χ0v) is 16.3. The molecule has 5 nitrogen and oxygen atoms in total. The fourth-order valence-electron chi connectivity index (χ4n) is 2.70. The van der Waals surface area contributed by atoms with Gasteiger partial charge in [0.2, 0.25) is 0 Å². The molecule has 0 unspecified atom stereocenters. The molecule has 0 atom stereocenters. The molecule has 0 heterocycles. The molecule has 1 N–H and O–H groups in total. The van der Waals surface area contributed by atoms with Crippen LogP contribution >= 0.6 is 0 Å². The number of unbranched alkanes of at least 4 members (excludes halogenated alkanes) is 4. The van der Waals surface area contributed by atoms with Gasteiger partial charge in [-0.1, -0.05) is 87.4 Å². The Morgan fingerprint density at radius 2 is 1.24 bits per heavy atom. The van der Waals surface area contributed by atoms with E-state index in [0.717, 1.165) is 43.2 Å². The monoisotopic (exact) mass is 402 g/mol. The summed E-state index contributed by atoms with van der Waals surface area (Å²) in [5.74, 6) is -0.147. The van der Waals surface area contributed by atoms with Gasteiger partial charge < -0.3 is 14.8 Å². The van der Waals surface area contributed by atoms with Gasteiger partial charge in [0.1, 0.15) is 13.2 Å². The van der Waals surface area contributed by atoms with Crippen molar-refractivity contribution in [3.8, 4) is 0 Å². The SMILES string of the molecule is C.O=C(CCCCCCCNC(=O)OCc1ccccc1)OCc1ccccc1.[2HH]. The van der Waals surface area contributed by atoms with Crippen LogP contribution in [0, 0.1) is 0 Å². The summed E-state index contributed by atoms with van der Waals surface area (Å²) in [7, 11) is 0. The van der Waals surface area contributed by atoms with Crippen LogP contribution in [0.3, 0.4) is 0 Å². The van der Waals surface area contributed by atoms with E-state index in [1.165, 1.54) is 0 Å². The van der Waals surface area contributed by atoms with Crippen LogP contribution in [0.5, 0.6) is 0 Å². The van der Waals surface area contributed by atoms with E-state index >= 15 is 0 Å². The van der Waals surface area contributed by atoms with Gasteiger partial charge in [-0.2, -0.15) is 0 Å². The summed E-state index contributed by atoms with van der Waals surface area (Å²) in [6, 6.07) is 19.3. The van der Waals surface area contributed by atoms with Crippen LogP contribution < -0.4 is 5.32 Å². The lowest BCUT2D eigenvalue weighted by Gasteiger charge is -2.07. The fraction of sp³-hybridized carbons (Fsp3) is 0.417. The molecule has 0 aliphatic carbocycles. The maximum Gasteiger partial charge on any atom is 0.407 e. The maximum atomic E-state index is 11.7. The second-order valence-electron chi connectivity index (χ2n) is 6.65. The van der Waals surface area contributed by atoms with Crippen LogP contribution in [-0.4, -0.2) is 18.6 Å². The number of hydrogen-bond acceptors (Lipinski definition) is 4. The van der Waals surface area contributed by atoms with E-state index in [9.17, 15) is 9.59 Å². The van der Waals surface area contributed by atoms with Gasteiger partial charge in [0.05, 0.1) is 0 Å². The Hall–Kier alpha value is -2.82. The number of rotatable bonds is 12. The predicted molar refractivity (Wildman–Crippen MR) is 117 cm³/mol. The number of hydrogen-bond donors (Lipinski definition) is 1. The van der Waals surface area contributed by atoms with Crippen molar-refractivity contribution in [2.45, 2.75) is 59.2 Å². The average Bonchev–Trinajstić information content (AvgIpc) is 2.74. The van der Waals surface area contributed by atoms with Gasteiger partial charge in [0.15, 0.2) is 0 Å². The molecule has 0 aliphatic rings. The Balaban J connectivity index is 0.00000420. The number of ether oxygens (including phenoxy) is 2. The molecule has 0 fully saturated rings. The lowest BCUT2D eigenvalue weighted by Crippen LogP contribution is -2.25. The zero-order valence-electron chi connectivity index (χ0n) is 16.3. The van der Waals surface area contributed by atoms with E-state index in [-0.39, 0.29) is 27.5 Å². The molecule has 0 radical (unpaired) electrons. The summed E-state index contributed by atoms with van der Waals surface area (Å²) >= 11 is 0. The van der Waals surface area contributed by atoms with E-state index in [1.54, 1.807) is 0 Å². The van der Waals surface area contributed by atoms with Crippen molar-refractivity contribution in [3.05, 3.63) is 71.8 Å². The number of nitrogens with one attached hydrogen (secondary N) is 1. The molecular formula is C24H35NO4. The molecule has 0 spiro atoms. The Kier molecular flexibility index (Phi) is 12.6. The van der Waals surface area contributed by atoms with Crippen LogP contribution in [0.25, 0.3) is 0 Å². The van der Waals surface area contributed by atoms with Gasteiger partial charge in [0.25, 0.3) is 0 Å². The molecule has 0 saturated heterocycles. The number of alkyl carbamates (subject to hydrolysis) is 1. The summed E-state index contributed by atoms with van der Waals surface area (Å²) in [6.07, 6.45) is 4.84. The zero-order chi connectivity index (χ0) is 19.9. The summed E-state index contributed by atoms with van der Waals surface area (Å²) in [4.78, 5) is 23.3. The largest absolute Gasteiger partial charge is 0.461 e. The van der Waals surface area contributed by atoms with Gasteiger partial charge in [0, 0.05) is 14.4 Å². The predicted octanol–water partition coefficient (Wildman–Crippen LogP) is 5.88. The minimum absolute atomic E-state index is 0. The molecule has 0 saturated carbocycles. The van der Waals surface area contributed by atoms with Crippen molar-refractivity contribution in [1.82, 2.24) is 5.32 Å². The molecule has 29 heavy (non-hydrogen) atoms. The number of esters is 1. The first-order chi connectivity index (χ1) is 13.7. The lowest BCUT2D eigenvalue weighted by atomic mass is 10.1. The standard InChI is InChI=1S/C23H29NO4.CH4.H2/c25-22(27-18-20-12-6-4-7-13-20)16-10-2-1-3-11-17-24-23(26)28-19-21-14-8-5-9-15-21;;/h4-9,12-15H,1-3,10-11,16-19H2,(H,24,26);1H4;1H/i;;1+1. The summed E-state index contributed by atoms with van der Waals surface area (Å²) in [5.41, 5.74) is 1.98. The third-order valence-electron chi connectivity index (χ3n) is 4.28.